The normalized spacial score (nSPS) is 14.0. The molecule has 2 amide bonds. The van der Waals surface area contributed by atoms with Crippen molar-refractivity contribution in [2.45, 2.75) is 33.1 Å². The molecular formula is C19H22N2O3S. The highest BCUT2D eigenvalue weighted by Gasteiger charge is 2.24. The van der Waals surface area contributed by atoms with Gasteiger partial charge in [-0.05, 0) is 43.5 Å². The van der Waals surface area contributed by atoms with Crippen LogP contribution in [0.1, 0.15) is 39.9 Å². The summed E-state index contributed by atoms with van der Waals surface area (Å²) in [5.74, 6) is 0.570. The van der Waals surface area contributed by atoms with Gasteiger partial charge in [0.2, 0.25) is 5.91 Å². The van der Waals surface area contributed by atoms with E-state index in [9.17, 15) is 9.59 Å². The van der Waals surface area contributed by atoms with Gasteiger partial charge in [0.25, 0.3) is 5.91 Å². The standard InChI is InChI=1S/C19H22N2O3S/c1-4-16-12(2)10-17(25-16)19(23)20-13-7-8-14(15(11-13)24-3)21-9-5-6-18(21)22/h7-8,10-11H,4-6,9H2,1-3H3,(H,20,23). The Morgan fingerprint density at radius 1 is 1.36 bits per heavy atom. The van der Waals surface area contributed by atoms with Crippen LogP contribution in [-0.2, 0) is 11.2 Å². The lowest BCUT2D eigenvalue weighted by atomic mass is 10.2. The first-order chi connectivity index (χ1) is 12.0. The van der Waals surface area contributed by atoms with E-state index in [-0.39, 0.29) is 11.8 Å². The van der Waals surface area contributed by atoms with Crippen molar-refractivity contribution in [3.05, 3.63) is 39.6 Å². The SMILES string of the molecule is CCc1sc(C(=O)Nc2ccc(N3CCCC3=O)c(OC)c2)cc1C. The van der Waals surface area contributed by atoms with Gasteiger partial charge in [0.15, 0.2) is 0 Å². The minimum absolute atomic E-state index is 0.108. The molecule has 6 heteroatoms. The molecular weight excluding hydrogens is 336 g/mol. The first-order valence-corrected chi connectivity index (χ1v) is 9.24. The number of ether oxygens (including phenoxy) is 1. The second-order valence-corrected chi connectivity index (χ2v) is 7.20. The van der Waals surface area contributed by atoms with Crippen LogP contribution < -0.4 is 15.0 Å². The molecule has 0 atom stereocenters. The number of hydrogen-bond acceptors (Lipinski definition) is 4. The highest BCUT2D eigenvalue weighted by atomic mass is 32.1. The first-order valence-electron chi connectivity index (χ1n) is 8.42. The molecule has 0 bridgehead atoms. The minimum atomic E-state index is -0.125. The highest BCUT2D eigenvalue weighted by molar-refractivity contribution is 7.14. The van der Waals surface area contributed by atoms with Gasteiger partial charge in [-0.15, -0.1) is 11.3 Å². The lowest BCUT2D eigenvalue weighted by Crippen LogP contribution is -2.24. The quantitative estimate of drug-likeness (QED) is 0.879. The van der Waals surface area contributed by atoms with Crippen molar-refractivity contribution >= 4 is 34.5 Å². The maximum absolute atomic E-state index is 12.5. The van der Waals surface area contributed by atoms with Crippen molar-refractivity contribution in [3.8, 4) is 5.75 Å². The van der Waals surface area contributed by atoms with Crippen LogP contribution in [0.3, 0.4) is 0 Å². The molecule has 1 aliphatic heterocycles. The van der Waals surface area contributed by atoms with Crippen molar-refractivity contribution in [1.82, 2.24) is 0 Å². The number of nitrogens with one attached hydrogen (secondary N) is 1. The molecule has 0 radical (unpaired) electrons. The first kappa shape index (κ1) is 17.5. The van der Waals surface area contributed by atoms with Gasteiger partial charge in [0, 0.05) is 29.6 Å². The molecule has 0 spiro atoms. The average molecular weight is 358 g/mol. The third kappa shape index (κ3) is 3.54. The molecule has 1 fully saturated rings. The number of carbonyl (C=O) groups excluding carboxylic acids is 2. The van der Waals surface area contributed by atoms with E-state index in [2.05, 4.69) is 12.2 Å². The Bertz CT molecular complexity index is 813. The number of rotatable bonds is 5. The second-order valence-electron chi connectivity index (χ2n) is 6.06. The third-order valence-electron chi connectivity index (χ3n) is 4.37. The summed E-state index contributed by atoms with van der Waals surface area (Å²) >= 11 is 1.52. The van der Waals surface area contributed by atoms with E-state index in [0.717, 1.165) is 24.1 Å². The van der Waals surface area contributed by atoms with Crippen LogP contribution in [0.2, 0.25) is 0 Å². The number of aryl methyl sites for hydroxylation is 2. The van der Waals surface area contributed by atoms with Crippen molar-refractivity contribution in [2.24, 2.45) is 0 Å². The van der Waals surface area contributed by atoms with E-state index in [1.807, 2.05) is 25.1 Å². The van der Waals surface area contributed by atoms with E-state index in [4.69, 9.17) is 4.74 Å². The van der Waals surface area contributed by atoms with Gasteiger partial charge in [-0.1, -0.05) is 6.92 Å². The van der Waals surface area contributed by atoms with Gasteiger partial charge < -0.3 is 15.0 Å². The fourth-order valence-electron chi connectivity index (χ4n) is 3.06. The number of amides is 2. The van der Waals surface area contributed by atoms with Gasteiger partial charge in [-0.2, -0.15) is 0 Å². The van der Waals surface area contributed by atoms with Crippen LogP contribution in [0, 0.1) is 6.92 Å². The van der Waals surface area contributed by atoms with E-state index >= 15 is 0 Å². The number of methoxy groups -OCH3 is 1. The van der Waals surface area contributed by atoms with Crippen LogP contribution in [0.25, 0.3) is 0 Å². The van der Waals surface area contributed by atoms with E-state index in [1.54, 1.807) is 18.1 Å². The smallest absolute Gasteiger partial charge is 0.265 e. The summed E-state index contributed by atoms with van der Waals surface area (Å²) in [6.07, 6.45) is 2.35. The number of anilines is 2. The maximum atomic E-state index is 12.5. The Morgan fingerprint density at radius 3 is 2.76 bits per heavy atom. The van der Waals surface area contributed by atoms with Crippen LogP contribution in [0.4, 0.5) is 11.4 Å². The predicted octanol–water partition coefficient (Wildman–Crippen LogP) is 4.01. The maximum Gasteiger partial charge on any atom is 0.265 e. The Balaban J connectivity index is 1.80. The number of benzene rings is 1. The van der Waals surface area contributed by atoms with Gasteiger partial charge in [0.1, 0.15) is 5.75 Å². The Kier molecular flexibility index (Phi) is 5.08. The Morgan fingerprint density at radius 2 is 2.16 bits per heavy atom. The minimum Gasteiger partial charge on any atom is -0.494 e. The summed E-state index contributed by atoms with van der Waals surface area (Å²) < 4.78 is 5.43. The molecule has 2 heterocycles. The van der Waals surface area contributed by atoms with Crippen LogP contribution in [-0.4, -0.2) is 25.5 Å². The Hall–Kier alpha value is -2.34. The van der Waals surface area contributed by atoms with Gasteiger partial charge in [-0.25, -0.2) is 0 Å². The summed E-state index contributed by atoms with van der Waals surface area (Å²) in [7, 11) is 1.57. The monoisotopic (exact) mass is 358 g/mol. The molecule has 1 aromatic heterocycles. The van der Waals surface area contributed by atoms with E-state index in [1.165, 1.54) is 16.2 Å². The van der Waals surface area contributed by atoms with Crippen LogP contribution in [0.15, 0.2) is 24.3 Å². The Labute approximate surface area is 151 Å². The van der Waals surface area contributed by atoms with E-state index < -0.39 is 0 Å². The van der Waals surface area contributed by atoms with Crippen LogP contribution in [0.5, 0.6) is 5.75 Å². The number of nitrogens with zero attached hydrogens (tertiary/aromatic N) is 1. The van der Waals surface area contributed by atoms with Crippen molar-refractivity contribution < 1.29 is 14.3 Å². The zero-order valence-corrected chi connectivity index (χ0v) is 15.5. The molecule has 1 aliphatic rings. The van der Waals surface area contributed by atoms with E-state index in [0.29, 0.717) is 29.3 Å². The summed E-state index contributed by atoms with van der Waals surface area (Å²) in [6.45, 7) is 4.82. The molecule has 0 aliphatic carbocycles. The lowest BCUT2D eigenvalue weighted by Gasteiger charge is -2.19. The zero-order chi connectivity index (χ0) is 18.0. The molecule has 1 N–H and O–H groups in total. The fourth-order valence-corrected chi connectivity index (χ4v) is 4.07. The fraction of sp³-hybridized carbons (Fsp3) is 0.368. The summed E-state index contributed by atoms with van der Waals surface area (Å²) in [5.41, 5.74) is 2.56. The molecule has 1 aromatic carbocycles. The largest absolute Gasteiger partial charge is 0.494 e. The summed E-state index contributed by atoms with van der Waals surface area (Å²) in [5, 5.41) is 2.91. The second kappa shape index (κ2) is 7.27. The molecule has 2 aromatic rings. The van der Waals surface area contributed by atoms with Crippen molar-refractivity contribution in [3.63, 3.8) is 0 Å². The van der Waals surface area contributed by atoms with Gasteiger partial charge in [-0.3, -0.25) is 9.59 Å². The number of thiophene rings is 1. The third-order valence-corrected chi connectivity index (χ3v) is 5.75. The number of hydrogen-bond donors (Lipinski definition) is 1. The summed E-state index contributed by atoms with van der Waals surface area (Å²) in [4.78, 5) is 28.1. The molecule has 132 valence electrons. The van der Waals surface area contributed by atoms with Crippen molar-refractivity contribution in [1.29, 1.82) is 0 Å². The molecule has 3 rings (SSSR count). The highest BCUT2D eigenvalue weighted by Crippen LogP contribution is 2.34. The molecule has 0 unspecified atom stereocenters. The number of carbonyl (C=O) groups is 2. The topological polar surface area (TPSA) is 58.6 Å². The predicted molar refractivity (Wildman–Crippen MR) is 101 cm³/mol. The average Bonchev–Trinajstić information content (AvgIpc) is 3.20. The lowest BCUT2D eigenvalue weighted by molar-refractivity contribution is -0.117. The zero-order valence-electron chi connectivity index (χ0n) is 14.7. The van der Waals surface area contributed by atoms with Gasteiger partial charge in [0.05, 0.1) is 17.7 Å². The molecule has 25 heavy (non-hydrogen) atoms. The van der Waals surface area contributed by atoms with Crippen LogP contribution >= 0.6 is 11.3 Å². The molecule has 1 saturated heterocycles. The van der Waals surface area contributed by atoms with Crippen molar-refractivity contribution in [2.75, 3.05) is 23.9 Å². The molecule has 0 saturated carbocycles. The van der Waals surface area contributed by atoms with Gasteiger partial charge >= 0.3 is 0 Å². The molecule has 5 nitrogen and oxygen atoms in total. The summed E-state index contributed by atoms with van der Waals surface area (Å²) in [6, 6.07) is 7.32.